The number of rotatable bonds is 4. The van der Waals surface area contributed by atoms with Gasteiger partial charge in [-0.2, -0.15) is 4.98 Å². The molecule has 0 saturated heterocycles. The Morgan fingerprint density at radius 2 is 2.21 bits per heavy atom. The third kappa shape index (κ3) is 3.64. The molecule has 2 aromatic rings. The monoisotopic (exact) mass is 323 g/mol. The Morgan fingerprint density at radius 1 is 1.42 bits per heavy atom. The smallest absolute Gasteiger partial charge is 0.251 e. The van der Waals surface area contributed by atoms with Crippen LogP contribution >= 0.6 is 15.9 Å². The van der Waals surface area contributed by atoms with Crippen molar-refractivity contribution in [1.82, 2.24) is 15.5 Å². The first kappa shape index (κ1) is 13.7. The molecule has 0 bridgehead atoms. The number of nitrogens with zero attached hydrogens (tertiary/aromatic N) is 2. The average molecular weight is 324 g/mol. The lowest BCUT2D eigenvalue weighted by atomic mass is 10.1. The van der Waals surface area contributed by atoms with Gasteiger partial charge in [0.2, 0.25) is 5.89 Å². The largest absolute Gasteiger partial charge is 0.352 e. The highest BCUT2D eigenvalue weighted by atomic mass is 79.9. The average Bonchev–Trinajstić information content (AvgIpc) is 2.78. The van der Waals surface area contributed by atoms with E-state index in [1.807, 2.05) is 19.1 Å². The van der Waals surface area contributed by atoms with Crippen LogP contribution in [0.25, 0.3) is 0 Å². The summed E-state index contributed by atoms with van der Waals surface area (Å²) in [6.45, 7) is 4.17. The summed E-state index contributed by atoms with van der Waals surface area (Å²) in [5.41, 5.74) is 1.67. The van der Waals surface area contributed by atoms with Crippen LogP contribution in [-0.2, 0) is 6.42 Å². The minimum Gasteiger partial charge on any atom is -0.352 e. The van der Waals surface area contributed by atoms with Crippen LogP contribution < -0.4 is 5.32 Å². The maximum Gasteiger partial charge on any atom is 0.251 e. The molecule has 1 aromatic heterocycles. The second-order valence-electron chi connectivity index (χ2n) is 4.21. The zero-order valence-corrected chi connectivity index (χ0v) is 12.3. The lowest BCUT2D eigenvalue weighted by molar-refractivity contribution is 0.0953. The van der Waals surface area contributed by atoms with E-state index in [2.05, 4.69) is 31.4 Å². The van der Waals surface area contributed by atoms with Gasteiger partial charge < -0.3 is 9.84 Å². The van der Waals surface area contributed by atoms with E-state index < -0.39 is 0 Å². The molecule has 1 aromatic carbocycles. The van der Waals surface area contributed by atoms with Crippen molar-refractivity contribution in [3.8, 4) is 0 Å². The summed E-state index contributed by atoms with van der Waals surface area (Å²) < 4.78 is 5.96. The summed E-state index contributed by atoms with van der Waals surface area (Å²) in [4.78, 5) is 16.0. The molecule has 100 valence electrons. The third-order valence-electron chi connectivity index (χ3n) is 2.61. The maximum absolute atomic E-state index is 11.9. The minimum absolute atomic E-state index is 0.105. The van der Waals surface area contributed by atoms with Crippen LogP contribution in [0.4, 0.5) is 0 Å². The second-order valence-corrected chi connectivity index (χ2v) is 5.06. The lowest BCUT2D eigenvalue weighted by Gasteiger charge is -2.05. The fourth-order valence-corrected chi connectivity index (χ4v) is 1.86. The maximum atomic E-state index is 11.9. The molecule has 2 rings (SSSR count). The predicted molar refractivity (Wildman–Crippen MR) is 74.0 cm³/mol. The Kier molecular flexibility index (Phi) is 4.31. The van der Waals surface area contributed by atoms with E-state index in [-0.39, 0.29) is 5.91 Å². The van der Waals surface area contributed by atoms with E-state index in [1.165, 1.54) is 0 Å². The number of aryl methyl sites for hydroxylation is 2. The van der Waals surface area contributed by atoms with Crippen molar-refractivity contribution in [3.63, 3.8) is 0 Å². The molecule has 0 atom stereocenters. The molecule has 6 heteroatoms. The van der Waals surface area contributed by atoms with Crippen LogP contribution in [-0.4, -0.2) is 22.6 Å². The fraction of sp³-hybridized carbons (Fsp3) is 0.308. The molecular weight excluding hydrogens is 310 g/mol. The predicted octanol–water partition coefficient (Wildman–Crippen LogP) is 2.42. The molecule has 0 unspecified atom stereocenters. The zero-order valence-electron chi connectivity index (χ0n) is 10.7. The highest BCUT2D eigenvalue weighted by Crippen LogP contribution is 2.16. The second kappa shape index (κ2) is 5.97. The molecule has 0 aliphatic rings. The first-order chi connectivity index (χ1) is 9.06. The Hall–Kier alpha value is -1.69. The van der Waals surface area contributed by atoms with E-state index in [4.69, 9.17) is 4.52 Å². The van der Waals surface area contributed by atoms with Gasteiger partial charge in [-0.15, -0.1) is 0 Å². The van der Waals surface area contributed by atoms with Crippen molar-refractivity contribution >= 4 is 21.8 Å². The van der Waals surface area contributed by atoms with Gasteiger partial charge >= 0.3 is 0 Å². The van der Waals surface area contributed by atoms with Crippen LogP contribution in [0.15, 0.2) is 27.2 Å². The normalized spacial score (nSPS) is 10.5. The molecule has 0 spiro atoms. The Balaban J connectivity index is 1.89. The molecule has 0 aliphatic heterocycles. The molecule has 1 amide bonds. The van der Waals surface area contributed by atoms with Crippen LogP contribution in [0.5, 0.6) is 0 Å². The summed E-state index contributed by atoms with van der Waals surface area (Å²) >= 11 is 3.40. The first-order valence-corrected chi connectivity index (χ1v) is 6.69. The number of halogens is 1. The number of aromatic nitrogens is 2. The SMILES string of the molecule is Cc1noc(CCNC(=O)c2ccc(Br)c(C)c2)n1. The van der Waals surface area contributed by atoms with Gasteiger partial charge in [0.05, 0.1) is 0 Å². The van der Waals surface area contributed by atoms with Crippen molar-refractivity contribution in [2.24, 2.45) is 0 Å². The van der Waals surface area contributed by atoms with Crippen LogP contribution in [0.3, 0.4) is 0 Å². The first-order valence-electron chi connectivity index (χ1n) is 5.90. The molecule has 0 saturated carbocycles. The fourth-order valence-electron chi connectivity index (χ4n) is 1.61. The van der Waals surface area contributed by atoms with E-state index in [9.17, 15) is 4.79 Å². The number of nitrogens with one attached hydrogen (secondary N) is 1. The van der Waals surface area contributed by atoms with Crippen molar-refractivity contribution in [2.45, 2.75) is 20.3 Å². The topological polar surface area (TPSA) is 68.0 Å². The van der Waals surface area contributed by atoms with Crippen LogP contribution in [0.2, 0.25) is 0 Å². The zero-order chi connectivity index (χ0) is 13.8. The van der Waals surface area contributed by atoms with Gasteiger partial charge in [0.1, 0.15) is 0 Å². The Labute approximate surface area is 119 Å². The number of carbonyl (C=O) groups is 1. The van der Waals surface area contributed by atoms with Gasteiger partial charge in [0.25, 0.3) is 5.91 Å². The summed E-state index contributed by atoms with van der Waals surface area (Å²) in [7, 11) is 0. The minimum atomic E-state index is -0.105. The number of amides is 1. The Bertz CT molecular complexity index is 595. The van der Waals surface area contributed by atoms with Gasteiger partial charge in [-0.25, -0.2) is 0 Å². The van der Waals surface area contributed by atoms with Gasteiger partial charge in [-0.3, -0.25) is 4.79 Å². The molecule has 1 heterocycles. The van der Waals surface area contributed by atoms with Gasteiger partial charge in [-0.05, 0) is 37.6 Å². The highest BCUT2D eigenvalue weighted by Gasteiger charge is 2.08. The molecule has 0 radical (unpaired) electrons. The number of carbonyl (C=O) groups excluding carboxylic acids is 1. The molecule has 19 heavy (non-hydrogen) atoms. The number of hydrogen-bond donors (Lipinski definition) is 1. The van der Waals surface area contributed by atoms with E-state index in [1.54, 1.807) is 13.0 Å². The van der Waals surface area contributed by atoms with E-state index in [0.29, 0.717) is 30.2 Å². The van der Waals surface area contributed by atoms with Crippen LogP contribution in [0, 0.1) is 13.8 Å². The summed E-state index contributed by atoms with van der Waals surface area (Å²) in [5.74, 6) is 1.03. The van der Waals surface area contributed by atoms with E-state index in [0.717, 1.165) is 10.0 Å². The summed E-state index contributed by atoms with van der Waals surface area (Å²) in [5, 5.41) is 6.51. The quantitative estimate of drug-likeness (QED) is 0.938. The lowest BCUT2D eigenvalue weighted by Crippen LogP contribution is -2.25. The van der Waals surface area contributed by atoms with Crippen molar-refractivity contribution in [1.29, 1.82) is 0 Å². The van der Waals surface area contributed by atoms with Crippen molar-refractivity contribution < 1.29 is 9.32 Å². The highest BCUT2D eigenvalue weighted by molar-refractivity contribution is 9.10. The summed E-state index contributed by atoms with van der Waals surface area (Å²) in [6, 6.07) is 5.49. The molecule has 0 fully saturated rings. The van der Waals surface area contributed by atoms with Crippen LogP contribution in [0.1, 0.15) is 27.6 Å². The van der Waals surface area contributed by atoms with Gasteiger partial charge in [-0.1, -0.05) is 21.1 Å². The van der Waals surface area contributed by atoms with Gasteiger partial charge in [0.15, 0.2) is 5.82 Å². The number of benzene rings is 1. The van der Waals surface area contributed by atoms with Crippen molar-refractivity contribution in [3.05, 3.63) is 45.5 Å². The Morgan fingerprint density at radius 3 is 2.84 bits per heavy atom. The molecule has 0 aliphatic carbocycles. The third-order valence-corrected chi connectivity index (χ3v) is 3.50. The summed E-state index contributed by atoms with van der Waals surface area (Å²) in [6.07, 6.45) is 0.530. The van der Waals surface area contributed by atoms with Gasteiger partial charge in [0, 0.05) is 23.0 Å². The van der Waals surface area contributed by atoms with Crippen molar-refractivity contribution in [2.75, 3.05) is 6.54 Å². The van der Waals surface area contributed by atoms with E-state index >= 15 is 0 Å². The molecule has 1 N–H and O–H groups in total. The molecular formula is C13H14BrN3O2. The standard InChI is InChI=1S/C13H14BrN3O2/c1-8-7-10(3-4-11(8)14)13(18)15-6-5-12-16-9(2)17-19-12/h3-4,7H,5-6H2,1-2H3,(H,15,18). The number of hydrogen-bond acceptors (Lipinski definition) is 4. The molecule has 5 nitrogen and oxygen atoms in total.